The van der Waals surface area contributed by atoms with E-state index in [1.54, 1.807) is 0 Å². The molecule has 1 saturated heterocycles. The van der Waals surface area contributed by atoms with Crippen LogP contribution in [0.15, 0.2) is 23.5 Å². The zero-order valence-electron chi connectivity index (χ0n) is 6.67. The van der Waals surface area contributed by atoms with Crippen molar-refractivity contribution < 1.29 is 9.47 Å². The van der Waals surface area contributed by atoms with Crippen LogP contribution < -0.4 is 0 Å². The summed E-state index contributed by atoms with van der Waals surface area (Å²) in [5.41, 5.74) is 1.36. The average molecular weight is 152 g/mol. The number of rotatable bonds is 1. The van der Waals surface area contributed by atoms with Gasteiger partial charge < -0.3 is 9.47 Å². The Balaban J connectivity index is 2.17. The smallest absolute Gasteiger partial charge is 0.189 e. The van der Waals surface area contributed by atoms with E-state index in [0.29, 0.717) is 6.79 Å². The maximum Gasteiger partial charge on any atom is 0.189 e. The molecule has 1 heterocycles. The van der Waals surface area contributed by atoms with Gasteiger partial charge in [-0.05, 0) is 24.5 Å². The molecule has 0 saturated carbocycles. The Morgan fingerprint density at radius 2 is 2.55 bits per heavy atom. The van der Waals surface area contributed by atoms with Gasteiger partial charge in [-0.25, -0.2) is 0 Å². The standard InChI is InChI=1S/C9H12O2/c1-2-7-3-4-8-9(5-7)11-6-10-8/h3,5,8H,2,4,6H2,1H3/t8-/m0/s1. The summed E-state index contributed by atoms with van der Waals surface area (Å²) in [6.07, 6.45) is 6.60. The number of hydrogen-bond acceptors (Lipinski definition) is 2. The number of hydrogen-bond donors (Lipinski definition) is 0. The van der Waals surface area contributed by atoms with E-state index in [2.05, 4.69) is 19.1 Å². The molecule has 0 unspecified atom stereocenters. The molecule has 0 aromatic heterocycles. The lowest BCUT2D eigenvalue weighted by Gasteiger charge is -2.12. The fraction of sp³-hybridized carbons (Fsp3) is 0.556. The highest BCUT2D eigenvalue weighted by Crippen LogP contribution is 2.27. The van der Waals surface area contributed by atoms with Gasteiger partial charge in [-0.1, -0.05) is 13.0 Å². The van der Waals surface area contributed by atoms with E-state index in [0.717, 1.165) is 18.6 Å². The van der Waals surface area contributed by atoms with Gasteiger partial charge >= 0.3 is 0 Å². The van der Waals surface area contributed by atoms with Crippen molar-refractivity contribution in [3.63, 3.8) is 0 Å². The Morgan fingerprint density at radius 3 is 3.36 bits per heavy atom. The first-order valence-electron chi connectivity index (χ1n) is 4.05. The summed E-state index contributed by atoms with van der Waals surface area (Å²) in [5.74, 6) is 1.02. The third-order valence-corrected chi connectivity index (χ3v) is 2.14. The summed E-state index contributed by atoms with van der Waals surface area (Å²) in [5, 5.41) is 0. The first-order chi connectivity index (χ1) is 5.40. The Kier molecular flexibility index (Phi) is 1.70. The molecule has 0 aromatic carbocycles. The Morgan fingerprint density at radius 1 is 1.64 bits per heavy atom. The minimum atomic E-state index is 0.213. The van der Waals surface area contributed by atoms with Crippen molar-refractivity contribution in [2.24, 2.45) is 0 Å². The molecule has 2 nitrogen and oxygen atoms in total. The van der Waals surface area contributed by atoms with Gasteiger partial charge in [0.2, 0.25) is 0 Å². The first-order valence-corrected chi connectivity index (χ1v) is 4.05. The van der Waals surface area contributed by atoms with Crippen LogP contribution in [-0.4, -0.2) is 12.9 Å². The van der Waals surface area contributed by atoms with Gasteiger partial charge in [-0.2, -0.15) is 0 Å². The van der Waals surface area contributed by atoms with Crippen LogP contribution in [0.1, 0.15) is 19.8 Å². The molecular formula is C9H12O2. The molecule has 1 aliphatic heterocycles. The molecule has 2 aliphatic rings. The molecule has 0 bridgehead atoms. The fourth-order valence-electron chi connectivity index (χ4n) is 1.42. The quantitative estimate of drug-likeness (QED) is 0.572. The third kappa shape index (κ3) is 1.18. The largest absolute Gasteiger partial charge is 0.469 e. The van der Waals surface area contributed by atoms with E-state index < -0.39 is 0 Å². The Bertz CT molecular complexity index is 216. The molecular weight excluding hydrogens is 140 g/mol. The van der Waals surface area contributed by atoms with E-state index in [9.17, 15) is 0 Å². The van der Waals surface area contributed by atoms with Crippen LogP contribution in [0.3, 0.4) is 0 Å². The predicted molar refractivity (Wildman–Crippen MR) is 41.9 cm³/mol. The zero-order valence-corrected chi connectivity index (χ0v) is 6.67. The predicted octanol–water partition coefficient (Wildman–Crippen LogP) is 1.98. The van der Waals surface area contributed by atoms with Crippen LogP contribution in [0.2, 0.25) is 0 Å². The second-order valence-electron chi connectivity index (χ2n) is 2.83. The lowest BCUT2D eigenvalue weighted by molar-refractivity contribution is 0.0509. The highest BCUT2D eigenvalue weighted by Gasteiger charge is 2.24. The van der Waals surface area contributed by atoms with E-state index >= 15 is 0 Å². The van der Waals surface area contributed by atoms with Gasteiger partial charge in [0.15, 0.2) is 6.79 Å². The summed E-state index contributed by atoms with van der Waals surface area (Å²) >= 11 is 0. The molecule has 60 valence electrons. The fourth-order valence-corrected chi connectivity index (χ4v) is 1.42. The molecule has 1 atom stereocenters. The van der Waals surface area contributed by atoms with Crippen molar-refractivity contribution in [2.75, 3.05) is 6.79 Å². The van der Waals surface area contributed by atoms with E-state index in [-0.39, 0.29) is 6.10 Å². The molecule has 0 radical (unpaired) electrons. The Labute approximate surface area is 66.5 Å². The lowest BCUT2D eigenvalue weighted by atomic mass is 10.0. The molecule has 2 heteroatoms. The van der Waals surface area contributed by atoms with Gasteiger partial charge in [0, 0.05) is 0 Å². The number of ether oxygens (including phenoxy) is 2. The van der Waals surface area contributed by atoms with Gasteiger partial charge in [0.05, 0.1) is 0 Å². The molecule has 11 heavy (non-hydrogen) atoms. The van der Waals surface area contributed by atoms with E-state index in [1.165, 1.54) is 5.57 Å². The molecule has 0 amide bonds. The van der Waals surface area contributed by atoms with E-state index in [4.69, 9.17) is 9.47 Å². The van der Waals surface area contributed by atoms with Crippen molar-refractivity contribution in [3.8, 4) is 0 Å². The summed E-state index contributed by atoms with van der Waals surface area (Å²) in [7, 11) is 0. The highest BCUT2D eigenvalue weighted by molar-refractivity contribution is 5.28. The van der Waals surface area contributed by atoms with Gasteiger partial charge in [-0.15, -0.1) is 0 Å². The van der Waals surface area contributed by atoms with Gasteiger partial charge in [0.25, 0.3) is 0 Å². The minimum Gasteiger partial charge on any atom is -0.469 e. The SMILES string of the molecule is CCC1=CC[C@@H]2OCOC2=C1. The van der Waals surface area contributed by atoms with Crippen molar-refractivity contribution in [1.29, 1.82) is 0 Å². The van der Waals surface area contributed by atoms with Crippen LogP contribution in [0.25, 0.3) is 0 Å². The summed E-state index contributed by atoms with van der Waals surface area (Å²) in [6.45, 7) is 2.58. The van der Waals surface area contributed by atoms with Crippen LogP contribution in [0.4, 0.5) is 0 Å². The maximum absolute atomic E-state index is 5.31. The van der Waals surface area contributed by atoms with Crippen LogP contribution >= 0.6 is 0 Å². The number of fused-ring (bicyclic) bond motifs is 1. The zero-order chi connectivity index (χ0) is 7.68. The highest BCUT2D eigenvalue weighted by atomic mass is 16.7. The van der Waals surface area contributed by atoms with Crippen LogP contribution in [0, 0.1) is 0 Å². The molecule has 0 aromatic rings. The second-order valence-corrected chi connectivity index (χ2v) is 2.83. The second kappa shape index (κ2) is 2.70. The molecule has 0 spiro atoms. The minimum absolute atomic E-state index is 0.213. The van der Waals surface area contributed by atoms with E-state index in [1.807, 2.05) is 0 Å². The van der Waals surface area contributed by atoms with Gasteiger partial charge in [0.1, 0.15) is 11.9 Å². The molecule has 0 N–H and O–H groups in total. The first kappa shape index (κ1) is 6.92. The Hall–Kier alpha value is -0.760. The number of allylic oxidation sites excluding steroid dienone is 2. The normalized spacial score (nSPS) is 28.6. The average Bonchev–Trinajstić information content (AvgIpc) is 2.50. The van der Waals surface area contributed by atoms with Crippen molar-refractivity contribution in [3.05, 3.63) is 23.5 Å². The molecule has 1 fully saturated rings. The topological polar surface area (TPSA) is 18.5 Å². The summed E-state index contributed by atoms with van der Waals surface area (Å²) in [6, 6.07) is 0. The lowest BCUT2D eigenvalue weighted by Crippen LogP contribution is -2.09. The van der Waals surface area contributed by atoms with Crippen LogP contribution in [-0.2, 0) is 9.47 Å². The maximum atomic E-state index is 5.31. The van der Waals surface area contributed by atoms with Crippen molar-refractivity contribution in [1.82, 2.24) is 0 Å². The van der Waals surface area contributed by atoms with Crippen molar-refractivity contribution in [2.45, 2.75) is 25.9 Å². The monoisotopic (exact) mass is 152 g/mol. The molecule has 1 aliphatic carbocycles. The summed E-state index contributed by atoms with van der Waals surface area (Å²) in [4.78, 5) is 0. The van der Waals surface area contributed by atoms with Crippen LogP contribution in [0.5, 0.6) is 0 Å². The summed E-state index contributed by atoms with van der Waals surface area (Å²) < 4.78 is 10.6. The van der Waals surface area contributed by atoms with Gasteiger partial charge in [-0.3, -0.25) is 0 Å². The van der Waals surface area contributed by atoms with Crippen molar-refractivity contribution >= 4 is 0 Å². The third-order valence-electron chi connectivity index (χ3n) is 2.14. The molecule has 2 rings (SSSR count).